The van der Waals surface area contributed by atoms with Gasteiger partial charge < -0.3 is 14.9 Å². The van der Waals surface area contributed by atoms with Gasteiger partial charge in [-0.05, 0) is 42.9 Å². The third-order valence-electron chi connectivity index (χ3n) is 5.23. The van der Waals surface area contributed by atoms with Gasteiger partial charge in [0.05, 0.1) is 11.6 Å². The Morgan fingerprint density at radius 1 is 1.10 bits per heavy atom. The molecule has 29 heavy (non-hydrogen) atoms. The van der Waals surface area contributed by atoms with Crippen LogP contribution in [0.2, 0.25) is 0 Å². The Bertz CT molecular complexity index is 909. The van der Waals surface area contributed by atoms with Gasteiger partial charge in [-0.3, -0.25) is 14.6 Å². The molecule has 0 radical (unpaired) electrons. The molecule has 0 spiro atoms. The highest BCUT2D eigenvalue weighted by atomic mass is 19.1. The fraction of sp³-hybridized carbons (Fsp3) is 0.318. The molecular formula is C22H24FN3O3. The minimum atomic E-state index is -0.778. The van der Waals surface area contributed by atoms with Crippen LogP contribution in [0.4, 0.5) is 4.39 Å². The molecule has 1 N–H and O–H groups in total. The number of carbonyl (C=O) groups excluding carboxylic acids is 2. The van der Waals surface area contributed by atoms with Crippen LogP contribution in [0, 0.1) is 5.82 Å². The quantitative estimate of drug-likeness (QED) is 0.442. The molecule has 152 valence electrons. The second-order valence-electron chi connectivity index (χ2n) is 6.81. The summed E-state index contributed by atoms with van der Waals surface area (Å²) in [5.41, 5.74) is 0.974. The first-order valence-electron chi connectivity index (χ1n) is 9.64. The molecule has 1 aromatic heterocycles. The zero-order valence-corrected chi connectivity index (χ0v) is 16.5. The lowest BCUT2D eigenvalue weighted by Crippen LogP contribution is -2.38. The van der Waals surface area contributed by atoms with E-state index in [0.29, 0.717) is 24.2 Å². The number of likely N-dealkylation sites (N-methyl/N-ethyl adjacent to an activating group) is 1. The molecule has 7 heteroatoms. The average Bonchev–Trinajstić information content (AvgIpc) is 3.00. The first kappa shape index (κ1) is 20.7. The highest BCUT2D eigenvalue weighted by Gasteiger charge is 2.45. The van der Waals surface area contributed by atoms with Crippen molar-refractivity contribution in [1.82, 2.24) is 14.8 Å². The number of hydrogen-bond donors (Lipinski definition) is 1. The van der Waals surface area contributed by atoms with Crippen molar-refractivity contribution in [1.29, 1.82) is 0 Å². The molecule has 1 fully saturated rings. The zero-order valence-electron chi connectivity index (χ0n) is 16.5. The summed E-state index contributed by atoms with van der Waals surface area (Å²) in [5, 5.41) is 10.8. The molecule has 2 heterocycles. The van der Waals surface area contributed by atoms with Gasteiger partial charge in [-0.2, -0.15) is 0 Å². The molecule has 6 nitrogen and oxygen atoms in total. The normalized spacial score (nSPS) is 18.6. The molecule has 1 aromatic carbocycles. The van der Waals surface area contributed by atoms with Gasteiger partial charge in [-0.25, -0.2) is 4.39 Å². The zero-order chi connectivity index (χ0) is 21.0. The number of amides is 1. The Morgan fingerprint density at radius 3 is 2.31 bits per heavy atom. The first-order chi connectivity index (χ1) is 14.0. The molecule has 0 aliphatic carbocycles. The number of Topliss-reactive ketones (excluding diaryl/α,β-unsaturated/α-hetero) is 1. The molecule has 3 rings (SSSR count). The predicted molar refractivity (Wildman–Crippen MR) is 107 cm³/mol. The third-order valence-corrected chi connectivity index (χ3v) is 5.23. The lowest BCUT2D eigenvalue weighted by Gasteiger charge is -2.28. The summed E-state index contributed by atoms with van der Waals surface area (Å²) >= 11 is 0. The second-order valence-corrected chi connectivity index (χ2v) is 6.81. The molecule has 1 amide bonds. The Morgan fingerprint density at radius 2 is 1.72 bits per heavy atom. The van der Waals surface area contributed by atoms with Gasteiger partial charge in [-0.15, -0.1) is 0 Å². The van der Waals surface area contributed by atoms with Crippen LogP contribution >= 0.6 is 0 Å². The van der Waals surface area contributed by atoms with E-state index in [9.17, 15) is 19.1 Å². The van der Waals surface area contributed by atoms with E-state index in [4.69, 9.17) is 0 Å². The third kappa shape index (κ3) is 4.19. The van der Waals surface area contributed by atoms with E-state index in [0.717, 1.165) is 13.1 Å². The van der Waals surface area contributed by atoms with Gasteiger partial charge in [-0.1, -0.05) is 26.0 Å². The summed E-state index contributed by atoms with van der Waals surface area (Å²) < 4.78 is 13.5. The summed E-state index contributed by atoms with van der Waals surface area (Å²) in [7, 11) is 0. The van der Waals surface area contributed by atoms with Crippen LogP contribution in [0.1, 0.15) is 31.0 Å². The summed E-state index contributed by atoms with van der Waals surface area (Å²) in [4.78, 5) is 33.2. The number of aliphatic hydroxyl groups excluding tert-OH is 1. The fourth-order valence-corrected chi connectivity index (χ4v) is 3.56. The van der Waals surface area contributed by atoms with Crippen LogP contribution in [0.5, 0.6) is 0 Å². The van der Waals surface area contributed by atoms with Gasteiger partial charge in [0.15, 0.2) is 0 Å². The number of hydrogen-bond acceptors (Lipinski definition) is 5. The highest BCUT2D eigenvalue weighted by molar-refractivity contribution is 6.46. The molecule has 1 saturated heterocycles. The number of carbonyl (C=O) groups is 2. The lowest BCUT2D eigenvalue weighted by molar-refractivity contribution is -0.140. The Balaban J connectivity index is 2.07. The van der Waals surface area contributed by atoms with Crippen molar-refractivity contribution in [2.45, 2.75) is 19.9 Å². The van der Waals surface area contributed by atoms with Gasteiger partial charge in [0.25, 0.3) is 11.7 Å². The van der Waals surface area contributed by atoms with Crippen molar-refractivity contribution in [2.24, 2.45) is 0 Å². The number of likely N-dealkylation sites (tertiary alicyclic amines) is 1. The predicted octanol–water partition coefficient (Wildman–Crippen LogP) is 2.98. The molecule has 0 saturated carbocycles. The molecule has 0 bridgehead atoms. The molecular weight excluding hydrogens is 373 g/mol. The number of aliphatic hydroxyl groups is 1. The van der Waals surface area contributed by atoms with E-state index in [1.807, 2.05) is 13.8 Å². The highest BCUT2D eigenvalue weighted by Crippen LogP contribution is 2.39. The molecule has 1 aliphatic heterocycles. The van der Waals surface area contributed by atoms with Gasteiger partial charge in [0.1, 0.15) is 11.6 Å². The van der Waals surface area contributed by atoms with Crippen LogP contribution in [-0.2, 0) is 9.59 Å². The molecule has 1 aliphatic rings. The SMILES string of the molecule is CCN(CC)CCN1C(=O)C(=O)/C(=C(/O)c2ccncc2)[C@@H]1c1ccc(F)cc1. The van der Waals surface area contributed by atoms with Crippen LogP contribution < -0.4 is 0 Å². The maximum atomic E-state index is 13.5. The minimum absolute atomic E-state index is 0.00681. The Kier molecular flexibility index (Phi) is 6.39. The van der Waals surface area contributed by atoms with Crippen molar-refractivity contribution in [3.8, 4) is 0 Å². The van der Waals surface area contributed by atoms with Crippen molar-refractivity contribution < 1.29 is 19.1 Å². The van der Waals surface area contributed by atoms with Crippen molar-refractivity contribution in [3.63, 3.8) is 0 Å². The molecule has 0 unspecified atom stereocenters. The molecule has 1 atom stereocenters. The topological polar surface area (TPSA) is 73.7 Å². The first-order valence-corrected chi connectivity index (χ1v) is 9.64. The summed E-state index contributed by atoms with van der Waals surface area (Å²) in [6, 6.07) is 8.00. The van der Waals surface area contributed by atoms with Crippen molar-refractivity contribution >= 4 is 17.4 Å². The fourth-order valence-electron chi connectivity index (χ4n) is 3.56. The van der Waals surface area contributed by atoms with Gasteiger partial charge >= 0.3 is 0 Å². The van der Waals surface area contributed by atoms with Crippen molar-refractivity contribution in [3.05, 3.63) is 71.3 Å². The number of halogens is 1. The maximum Gasteiger partial charge on any atom is 0.295 e. The van der Waals surface area contributed by atoms with E-state index >= 15 is 0 Å². The number of pyridine rings is 1. The van der Waals surface area contributed by atoms with E-state index in [2.05, 4.69) is 9.88 Å². The summed E-state index contributed by atoms with van der Waals surface area (Å²) in [6.07, 6.45) is 3.00. The average molecular weight is 397 g/mol. The monoisotopic (exact) mass is 397 g/mol. The number of aromatic nitrogens is 1. The Hall–Kier alpha value is -3.06. The number of nitrogens with zero attached hydrogens (tertiary/aromatic N) is 3. The largest absolute Gasteiger partial charge is 0.507 e. The number of ketones is 1. The summed E-state index contributed by atoms with van der Waals surface area (Å²) in [5.74, 6) is -2.08. The van der Waals surface area contributed by atoms with Gasteiger partial charge in [0.2, 0.25) is 0 Å². The van der Waals surface area contributed by atoms with Gasteiger partial charge in [0, 0.05) is 31.0 Å². The van der Waals surface area contributed by atoms with Crippen LogP contribution in [0.25, 0.3) is 5.76 Å². The second kappa shape index (κ2) is 8.96. The molecule has 2 aromatic rings. The van der Waals surface area contributed by atoms with Crippen LogP contribution in [0.15, 0.2) is 54.4 Å². The van der Waals surface area contributed by atoms with E-state index in [1.165, 1.54) is 41.6 Å². The van der Waals surface area contributed by atoms with Crippen LogP contribution in [-0.4, -0.2) is 57.8 Å². The standard InChI is InChI=1S/C22H24FN3O3/c1-3-25(4-2)13-14-26-19(15-5-7-17(23)8-6-15)18(21(28)22(26)29)20(27)16-9-11-24-12-10-16/h5-12,19,27H,3-4,13-14H2,1-2H3/b20-18+/t19-/m0/s1. The smallest absolute Gasteiger partial charge is 0.295 e. The lowest BCUT2D eigenvalue weighted by atomic mass is 9.95. The van der Waals surface area contributed by atoms with Crippen molar-refractivity contribution in [2.75, 3.05) is 26.2 Å². The minimum Gasteiger partial charge on any atom is -0.507 e. The number of rotatable bonds is 7. The Labute approximate surface area is 169 Å². The van der Waals surface area contributed by atoms with E-state index in [1.54, 1.807) is 12.1 Å². The van der Waals surface area contributed by atoms with Crippen LogP contribution in [0.3, 0.4) is 0 Å². The maximum absolute atomic E-state index is 13.5. The van der Waals surface area contributed by atoms with E-state index in [-0.39, 0.29) is 11.3 Å². The summed E-state index contributed by atoms with van der Waals surface area (Å²) in [6.45, 7) is 6.60. The van der Waals surface area contributed by atoms with E-state index < -0.39 is 23.5 Å². The number of benzene rings is 1.